The van der Waals surface area contributed by atoms with Gasteiger partial charge < -0.3 is 19.1 Å². The fourth-order valence-electron chi connectivity index (χ4n) is 3.86. The van der Waals surface area contributed by atoms with Crippen molar-refractivity contribution < 1.29 is 33.4 Å². The molecule has 1 atom stereocenters. The van der Waals surface area contributed by atoms with E-state index < -0.39 is 23.7 Å². The van der Waals surface area contributed by atoms with E-state index in [1.165, 1.54) is 9.80 Å². The van der Waals surface area contributed by atoms with E-state index in [1.54, 1.807) is 27.7 Å². The molecule has 9 nitrogen and oxygen atoms in total. The number of amides is 2. The minimum absolute atomic E-state index is 0.109. The summed E-state index contributed by atoms with van der Waals surface area (Å²) in [6.45, 7) is 7.68. The van der Waals surface area contributed by atoms with Gasteiger partial charge in [-0.15, -0.1) is 0 Å². The Hall–Kier alpha value is -3.10. The van der Waals surface area contributed by atoms with Crippen molar-refractivity contribution in [3.05, 3.63) is 35.9 Å². The normalized spacial score (nSPS) is 15.8. The largest absolute Gasteiger partial charge is 0.466 e. The van der Waals surface area contributed by atoms with Crippen molar-refractivity contribution in [2.45, 2.75) is 78.0 Å². The second-order valence-corrected chi connectivity index (χ2v) is 9.50. The molecule has 0 bridgehead atoms. The number of hydrogen-bond donors (Lipinski definition) is 0. The molecular formula is C26H38N2O7. The molecule has 1 aliphatic rings. The number of nitrogens with zero attached hydrogens (tertiary/aromatic N) is 2. The molecule has 1 fully saturated rings. The third kappa shape index (κ3) is 9.96. The predicted octanol–water partition coefficient (Wildman–Crippen LogP) is 3.69. The molecule has 0 aliphatic carbocycles. The highest BCUT2D eigenvalue weighted by Gasteiger charge is 2.36. The van der Waals surface area contributed by atoms with Gasteiger partial charge in [-0.05, 0) is 58.9 Å². The van der Waals surface area contributed by atoms with Crippen LogP contribution in [0.15, 0.2) is 30.3 Å². The molecule has 1 heterocycles. The summed E-state index contributed by atoms with van der Waals surface area (Å²) in [5, 5.41) is 0. The second kappa shape index (κ2) is 13.7. The van der Waals surface area contributed by atoms with Gasteiger partial charge in [-0.3, -0.25) is 19.3 Å². The van der Waals surface area contributed by atoms with Gasteiger partial charge >= 0.3 is 18.0 Å². The molecular weight excluding hydrogens is 452 g/mol. The lowest BCUT2D eigenvalue weighted by Crippen LogP contribution is -2.54. The average molecular weight is 491 g/mol. The van der Waals surface area contributed by atoms with Crippen LogP contribution in [0.5, 0.6) is 0 Å². The first-order valence-electron chi connectivity index (χ1n) is 12.2. The van der Waals surface area contributed by atoms with Crippen LogP contribution in [0.4, 0.5) is 4.79 Å². The maximum absolute atomic E-state index is 13.5. The topological polar surface area (TPSA) is 102 Å². The van der Waals surface area contributed by atoms with Crippen LogP contribution in [0.3, 0.4) is 0 Å². The standard InChI is InChI=1S/C26H38N2O7/c1-5-33-22(29)15-11-16-27(18-23(30)35-26(2,3)4)24(31)21-14-9-10-17-28(21)25(32)34-19-20-12-7-6-8-13-20/h6-8,12-13,21H,5,9-11,14-19H2,1-4H3/t21-/m1/s1. The monoisotopic (exact) mass is 490 g/mol. The number of piperidine rings is 1. The highest BCUT2D eigenvalue weighted by molar-refractivity contribution is 5.88. The Labute approximate surface area is 207 Å². The van der Waals surface area contributed by atoms with E-state index in [9.17, 15) is 19.2 Å². The Balaban J connectivity index is 2.09. The Kier molecular flexibility index (Phi) is 11.0. The molecule has 1 aromatic rings. The van der Waals surface area contributed by atoms with Crippen LogP contribution in [0, 0.1) is 0 Å². The van der Waals surface area contributed by atoms with Crippen LogP contribution >= 0.6 is 0 Å². The highest BCUT2D eigenvalue weighted by atomic mass is 16.6. The van der Waals surface area contributed by atoms with Crippen LogP contribution in [0.1, 0.15) is 65.4 Å². The second-order valence-electron chi connectivity index (χ2n) is 9.50. The highest BCUT2D eigenvalue weighted by Crippen LogP contribution is 2.21. The molecule has 0 unspecified atom stereocenters. The summed E-state index contributed by atoms with van der Waals surface area (Å²) in [6, 6.07) is 8.59. The summed E-state index contributed by atoms with van der Waals surface area (Å²) < 4.78 is 15.8. The molecule has 1 saturated heterocycles. The van der Waals surface area contributed by atoms with Crippen molar-refractivity contribution in [2.24, 2.45) is 0 Å². The molecule has 2 amide bonds. The molecule has 2 rings (SSSR count). The van der Waals surface area contributed by atoms with Gasteiger partial charge in [0.1, 0.15) is 24.8 Å². The van der Waals surface area contributed by atoms with Crippen LogP contribution in [-0.4, -0.2) is 71.6 Å². The lowest BCUT2D eigenvalue weighted by Gasteiger charge is -2.37. The van der Waals surface area contributed by atoms with Gasteiger partial charge in [-0.1, -0.05) is 30.3 Å². The number of benzene rings is 1. The summed E-state index contributed by atoms with van der Waals surface area (Å²) in [6.07, 6.45) is 1.91. The van der Waals surface area contributed by atoms with E-state index in [4.69, 9.17) is 14.2 Å². The molecule has 0 radical (unpaired) electrons. The van der Waals surface area contributed by atoms with Gasteiger partial charge in [0, 0.05) is 19.5 Å². The van der Waals surface area contributed by atoms with Crippen molar-refractivity contribution in [2.75, 3.05) is 26.2 Å². The average Bonchev–Trinajstić information content (AvgIpc) is 2.81. The first-order valence-corrected chi connectivity index (χ1v) is 12.2. The molecule has 9 heteroatoms. The Morgan fingerprint density at radius 1 is 1.03 bits per heavy atom. The molecule has 0 aromatic heterocycles. The van der Waals surface area contributed by atoms with E-state index in [1.807, 2.05) is 30.3 Å². The van der Waals surface area contributed by atoms with E-state index in [-0.39, 0.29) is 44.6 Å². The lowest BCUT2D eigenvalue weighted by atomic mass is 10.0. The molecule has 0 saturated carbocycles. The first kappa shape index (κ1) is 28.1. The summed E-state index contributed by atoms with van der Waals surface area (Å²) in [5.41, 5.74) is 0.153. The van der Waals surface area contributed by atoms with Crippen LogP contribution < -0.4 is 0 Å². The number of hydrogen-bond acceptors (Lipinski definition) is 7. The number of ether oxygens (including phenoxy) is 3. The fourth-order valence-corrected chi connectivity index (χ4v) is 3.86. The summed E-state index contributed by atoms with van der Waals surface area (Å²) in [5.74, 6) is -1.26. The van der Waals surface area contributed by atoms with Crippen molar-refractivity contribution in [3.8, 4) is 0 Å². The van der Waals surface area contributed by atoms with Crippen molar-refractivity contribution in [1.82, 2.24) is 9.80 Å². The molecule has 0 spiro atoms. The zero-order chi connectivity index (χ0) is 25.8. The smallest absolute Gasteiger partial charge is 0.410 e. The first-order chi connectivity index (χ1) is 16.6. The Morgan fingerprint density at radius 2 is 1.74 bits per heavy atom. The predicted molar refractivity (Wildman–Crippen MR) is 129 cm³/mol. The summed E-state index contributed by atoms with van der Waals surface area (Å²) >= 11 is 0. The van der Waals surface area contributed by atoms with Crippen molar-refractivity contribution in [3.63, 3.8) is 0 Å². The number of rotatable bonds is 10. The van der Waals surface area contributed by atoms with E-state index in [0.717, 1.165) is 18.4 Å². The van der Waals surface area contributed by atoms with Gasteiger partial charge in [-0.25, -0.2) is 4.79 Å². The maximum Gasteiger partial charge on any atom is 0.410 e. The number of esters is 2. The number of carbonyl (C=O) groups excluding carboxylic acids is 4. The summed E-state index contributed by atoms with van der Waals surface area (Å²) in [7, 11) is 0. The maximum atomic E-state index is 13.5. The van der Waals surface area contributed by atoms with Crippen LogP contribution in [0.25, 0.3) is 0 Å². The van der Waals surface area contributed by atoms with Crippen molar-refractivity contribution >= 4 is 23.9 Å². The lowest BCUT2D eigenvalue weighted by molar-refractivity contribution is -0.160. The van der Waals surface area contributed by atoms with E-state index >= 15 is 0 Å². The van der Waals surface area contributed by atoms with Gasteiger partial charge in [-0.2, -0.15) is 0 Å². The van der Waals surface area contributed by atoms with E-state index in [0.29, 0.717) is 19.4 Å². The SMILES string of the molecule is CCOC(=O)CCCN(CC(=O)OC(C)(C)C)C(=O)[C@H]1CCCCN1C(=O)OCc1ccccc1. The van der Waals surface area contributed by atoms with Crippen molar-refractivity contribution in [1.29, 1.82) is 0 Å². The fraction of sp³-hybridized carbons (Fsp3) is 0.615. The zero-order valence-corrected chi connectivity index (χ0v) is 21.3. The molecule has 35 heavy (non-hydrogen) atoms. The zero-order valence-electron chi connectivity index (χ0n) is 21.3. The number of carbonyl (C=O) groups is 4. The van der Waals surface area contributed by atoms with Gasteiger partial charge in [0.25, 0.3) is 0 Å². The molecule has 1 aliphatic heterocycles. The molecule has 1 aromatic carbocycles. The van der Waals surface area contributed by atoms with Gasteiger partial charge in [0.05, 0.1) is 6.61 Å². The third-order valence-corrected chi connectivity index (χ3v) is 5.39. The van der Waals surface area contributed by atoms with Gasteiger partial charge in [0.2, 0.25) is 5.91 Å². The third-order valence-electron chi connectivity index (χ3n) is 5.39. The van der Waals surface area contributed by atoms with E-state index in [2.05, 4.69) is 0 Å². The Morgan fingerprint density at radius 3 is 2.40 bits per heavy atom. The molecule has 0 N–H and O–H groups in total. The minimum Gasteiger partial charge on any atom is -0.466 e. The Bertz CT molecular complexity index is 851. The van der Waals surface area contributed by atoms with Crippen LogP contribution in [0.2, 0.25) is 0 Å². The number of likely N-dealkylation sites (tertiary alicyclic amines) is 1. The van der Waals surface area contributed by atoms with Gasteiger partial charge in [0.15, 0.2) is 0 Å². The molecule has 194 valence electrons. The minimum atomic E-state index is -0.739. The van der Waals surface area contributed by atoms with Crippen LogP contribution in [-0.2, 0) is 35.2 Å². The quantitative estimate of drug-likeness (QED) is 0.364. The summed E-state index contributed by atoms with van der Waals surface area (Å²) in [4.78, 5) is 53.5.